The standard InChI is InChI=1S/C16H23N3O/c1-17-14-8-10-19(15-5-3-2-4-13(14)15)11-9-16(20)18-12-6-7-12/h2-5,12,14,17H,6-11H2,1H3,(H,18,20). The molecule has 1 amide bonds. The zero-order valence-corrected chi connectivity index (χ0v) is 12.1. The number of carbonyl (C=O) groups excluding carboxylic acids is 1. The minimum absolute atomic E-state index is 0.195. The molecule has 1 saturated carbocycles. The third kappa shape index (κ3) is 2.96. The highest BCUT2D eigenvalue weighted by atomic mass is 16.1. The average Bonchev–Trinajstić information content (AvgIpc) is 3.28. The van der Waals surface area contributed by atoms with E-state index < -0.39 is 0 Å². The van der Waals surface area contributed by atoms with E-state index in [1.165, 1.54) is 11.3 Å². The summed E-state index contributed by atoms with van der Waals surface area (Å²) in [7, 11) is 2.01. The fraction of sp³-hybridized carbons (Fsp3) is 0.562. The summed E-state index contributed by atoms with van der Waals surface area (Å²) in [6, 6.07) is 9.41. The predicted octanol–water partition coefficient (Wildman–Crippen LogP) is 1.83. The maximum Gasteiger partial charge on any atom is 0.221 e. The van der Waals surface area contributed by atoms with Gasteiger partial charge in [0.15, 0.2) is 0 Å². The number of para-hydroxylation sites is 1. The number of rotatable bonds is 5. The molecule has 4 nitrogen and oxygen atoms in total. The van der Waals surface area contributed by atoms with E-state index in [4.69, 9.17) is 0 Å². The molecule has 3 rings (SSSR count). The molecule has 1 fully saturated rings. The first-order valence-electron chi connectivity index (χ1n) is 7.58. The Bertz CT molecular complexity index is 484. The zero-order chi connectivity index (χ0) is 13.9. The SMILES string of the molecule is CNC1CCN(CCC(=O)NC2CC2)c2ccccc21. The van der Waals surface area contributed by atoms with E-state index in [-0.39, 0.29) is 5.91 Å². The van der Waals surface area contributed by atoms with Crippen molar-refractivity contribution < 1.29 is 4.79 Å². The Hall–Kier alpha value is -1.55. The molecule has 0 radical (unpaired) electrons. The third-order valence-corrected chi connectivity index (χ3v) is 4.24. The molecule has 1 unspecified atom stereocenters. The molecule has 0 bridgehead atoms. The van der Waals surface area contributed by atoms with Crippen LogP contribution in [0, 0.1) is 0 Å². The second-order valence-electron chi connectivity index (χ2n) is 5.77. The van der Waals surface area contributed by atoms with Gasteiger partial charge in [-0.1, -0.05) is 18.2 Å². The van der Waals surface area contributed by atoms with Crippen LogP contribution in [0.1, 0.15) is 37.3 Å². The Morgan fingerprint density at radius 2 is 2.10 bits per heavy atom. The molecule has 0 spiro atoms. The van der Waals surface area contributed by atoms with Gasteiger partial charge in [-0.05, 0) is 37.9 Å². The Kier molecular flexibility index (Phi) is 3.92. The number of hydrogen-bond donors (Lipinski definition) is 2. The molecule has 2 N–H and O–H groups in total. The van der Waals surface area contributed by atoms with Gasteiger partial charge in [-0.2, -0.15) is 0 Å². The van der Waals surface area contributed by atoms with Crippen LogP contribution in [0.3, 0.4) is 0 Å². The van der Waals surface area contributed by atoms with E-state index in [0.29, 0.717) is 18.5 Å². The summed E-state index contributed by atoms with van der Waals surface area (Å²) in [5.74, 6) is 0.195. The van der Waals surface area contributed by atoms with Crippen LogP contribution in [-0.4, -0.2) is 32.1 Å². The smallest absolute Gasteiger partial charge is 0.221 e. The molecule has 1 aliphatic heterocycles. The van der Waals surface area contributed by atoms with Crippen molar-refractivity contribution in [1.29, 1.82) is 0 Å². The monoisotopic (exact) mass is 273 g/mol. The lowest BCUT2D eigenvalue weighted by Crippen LogP contribution is -2.37. The molecule has 4 heteroatoms. The lowest BCUT2D eigenvalue weighted by atomic mass is 9.96. The summed E-state index contributed by atoms with van der Waals surface area (Å²) in [4.78, 5) is 14.2. The Labute approximate surface area is 120 Å². The van der Waals surface area contributed by atoms with Crippen molar-refractivity contribution in [2.24, 2.45) is 0 Å². The van der Waals surface area contributed by atoms with Crippen molar-refractivity contribution in [3.8, 4) is 0 Å². The average molecular weight is 273 g/mol. The summed E-state index contributed by atoms with van der Waals surface area (Å²) < 4.78 is 0. The normalized spacial score (nSPS) is 21.4. The minimum atomic E-state index is 0.195. The highest BCUT2D eigenvalue weighted by molar-refractivity contribution is 5.77. The molecular weight excluding hydrogens is 250 g/mol. The van der Waals surface area contributed by atoms with E-state index in [2.05, 4.69) is 39.8 Å². The van der Waals surface area contributed by atoms with Gasteiger partial charge in [-0.3, -0.25) is 4.79 Å². The van der Waals surface area contributed by atoms with Gasteiger partial charge < -0.3 is 15.5 Å². The van der Waals surface area contributed by atoms with E-state index in [9.17, 15) is 4.79 Å². The van der Waals surface area contributed by atoms with E-state index >= 15 is 0 Å². The number of amides is 1. The molecule has 1 aromatic rings. The first-order valence-corrected chi connectivity index (χ1v) is 7.58. The van der Waals surface area contributed by atoms with Crippen LogP contribution < -0.4 is 15.5 Å². The van der Waals surface area contributed by atoms with Crippen molar-refractivity contribution in [2.45, 2.75) is 37.8 Å². The number of fused-ring (bicyclic) bond motifs is 1. The Morgan fingerprint density at radius 3 is 2.85 bits per heavy atom. The summed E-state index contributed by atoms with van der Waals surface area (Å²) >= 11 is 0. The van der Waals surface area contributed by atoms with Crippen molar-refractivity contribution in [3.05, 3.63) is 29.8 Å². The molecular formula is C16H23N3O. The van der Waals surface area contributed by atoms with E-state index in [0.717, 1.165) is 32.4 Å². The second kappa shape index (κ2) is 5.83. The molecule has 1 aromatic carbocycles. The van der Waals surface area contributed by atoms with Crippen LogP contribution in [0.5, 0.6) is 0 Å². The van der Waals surface area contributed by atoms with Gasteiger partial charge in [0.05, 0.1) is 0 Å². The first-order chi connectivity index (χ1) is 9.78. The van der Waals surface area contributed by atoms with Gasteiger partial charge in [0.25, 0.3) is 0 Å². The highest BCUT2D eigenvalue weighted by Gasteiger charge is 2.25. The van der Waals surface area contributed by atoms with Crippen LogP contribution in [0.2, 0.25) is 0 Å². The Balaban J connectivity index is 1.63. The number of hydrogen-bond acceptors (Lipinski definition) is 3. The van der Waals surface area contributed by atoms with Crippen LogP contribution in [0.4, 0.5) is 5.69 Å². The fourth-order valence-electron chi connectivity index (χ4n) is 2.93. The van der Waals surface area contributed by atoms with Gasteiger partial charge in [0.1, 0.15) is 0 Å². The van der Waals surface area contributed by atoms with Crippen molar-refractivity contribution >= 4 is 11.6 Å². The summed E-state index contributed by atoms with van der Waals surface area (Å²) in [6.07, 6.45) is 4.00. The van der Waals surface area contributed by atoms with Crippen molar-refractivity contribution in [1.82, 2.24) is 10.6 Å². The summed E-state index contributed by atoms with van der Waals surface area (Å²) in [5.41, 5.74) is 2.63. The third-order valence-electron chi connectivity index (χ3n) is 4.24. The number of nitrogens with zero attached hydrogens (tertiary/aromatic N) is 1. The van der Waals surface area contributed by atoms with Gasteiger partial charge in [-0.15, -0.1) is 0 Å². The maximum atomic E-state index is 11.8. The molecule has 0 aromatic heterocycles. The maximum absolute atomic E-state index is 11.8. The molecule has 108 valence electrons. The number of nitrogens with one attached hydrogen (secondary N) is 2. The topological polar surface area (TPSA) is 44.4 Å². The van der Waals surface area contributed by atoms with Gasteiger partial charge in [0, 0.05) is 37.3 Å². The van der Waals surface area contributed by atoms with Gasteiger partial charge in [-0.25, -0.2) is 0 Å². The van der Waals surface area contributed by atoms with E-state index in [1.807, 2.05) is 7.05 Å². The number of carbonyl (C=O) groups is 1. The summed E-state index contributed by atoms with van der Waals surface area (Å²) in [6.45, 7) is 1.82. The number of anilines is 1. The van der Waals surface area contributed by atoms with Crippen LogP contribution in [0.25, 0.3) is 0 Å². The number of benzene rings is 1. The molecule has 20 heavy (non-hydrogen) atoms. The van der Waals surface area contributed by atoms with Crippen LogP contribution in [0.15, 0.2) is 24.3 Å². The van der Waals surface area contributed by atoms with Gasteiger partial charge in [0.2, 0.25) is 5.91 Å². The highest BCUT2D eigenvalue weighted by Crippen LogP contribution is 2.33. The molecule has 1 aliphatic carbocycles. The van der Waals surface area contributed by atoms with Crippen LogP contribution >= 0.6 is 0 Å². The van der Waals surface area contributed by atoms with E-state index in [1.54, 1.807) is 0 Å². The quantitative estimate of drug-likeness (QED) is 0.860. The molecule has 0 saturated heterocycles. The minimum Gasteiger partial charge on any atom is -0.371 e. The zero-order valence-electron chi connectivity index (χ0n) is 12.1. The van der Waals surface area contributed by atoms with Gasteiger partial charge >= 0.3 is 0 Å². The first kappa shape index (κ1) is 13.4. The largest absolute Gasteiger partial charge is 0.371 e. The van der Waals surface area contributed by atoms with Crippen molar-refractivity contribution in [3.63, 3.8) is 0 Å². The molecule has 2 aliphatic rings. The summed E-state index contributed by atoms with van der Waals surface area (Å²) in [5, 5.41) is 6.43. The fourth-order valence-corrected chi connectivity index (χ4v) is 2.93. The van der Waals surface area contributed by atoms with Crippen LogP contribution in [-0.2, 0) is 4.79 Å². The molecule has 1 atom stereocenters. The lowest BCUT2D eigenvalue weighted by Gasteiger charge is -2.35. The lowest BCUT2D eigenvalue weighted by molar-refractivity contribution is -0.121. The second-order valence-corrected chi connectivity index (χ2v) is 5.77. The van der Waals surface area contributed by atoms with Crippen molar-refractivity contribution in [2.75, 3.05) is 25.0 Å². The Morgan fingerprint density at radius 1 is 1.30 bits per heavy atom. The molecule has 1 heterocycles. The predicted molar refractivity (Wildman–Crippen MR) is 80.9 cm³/mol.